The molecule has 9 heavy (non-hydrogen) atoms. The molecule has 0 aromatic heterocycles. The van der Waals surface area contributed by atoms with Gasteiger partial charge in [0.1, 0.15) is 0 Å². The summed E-state index contributed by atoms with van der Waals surface area (Å²) in [5.41, 5.74) is 0. The number of hydrogen-bond donors (Lipinski definition) is 0. The third kappa shape index (κ3) is 3.49. The molecule has 0 unspecified atom stereocenters. The summed E-state index contributed by atoms with van der Waals surface area (Å²) in [5, 5.41) is 0. The molecule has 56 valence electrons. The van der Waals surface area contributed by atoms with Crippen LogP contribution in [-0.2, 0) is 0 Å². The van der Waals surface area contributed by atoms with Gasteiger partial charge >= 0.3 is 0 Å². The zero-order chi connectivity index (χ0) is 7.33. The van der Waals surface area contributed by atoms with E-state index in [2.05, 4.69) is 13.8 Å². The fourth-order valence-corrected chi connectivity index (χ4v) is 3.98. The van der Waals surface area contributed by atoms with Crippen LogP contribution in [-0.4, -0.2) is 13.3 Å². The minimum absolute atomic E-state index is 0.734. The Bertz CT molecular complexity index is 71.5. The summed E-state index contributed by atoms with van der Waals surface area (Å²) in [7, 11) is -1.36. The minimum Gasteiger partial charge on any atom is -0.167 e. The summed E-state index contributed by atoms with van der Waals surface area (Å²) < 4.78 is 0. The van der Waals surface area contributed by atoms with Gasteiger partial charge in [-0.05, 0) is 18.1 Å². The molecule has 0 bridgehead atoms. The average molecular weight is 185 g/mol. The van der Waals surface area contributed by atoms with Gasteiger partial charge in [-0.1, -0.05) is 13.8 Å². The summed E-state index contributed by atoms with van der Waals surface area (Å²) in [6, 6.07) is 3.36. The Morgan fingerprint density at radius 2 is 1.67 bits per heavy atom. The van der Waals surface area contributed by atoms with Gasteiger partial charge in [0, 0.05) is 5.88 Å². The highest BCUT2D eigenvalue weighted by atomic mass is 35.6. The Labute approximate surface area is 68.3 Å². The van der Waals surface area contributed by atoms with E-state index in [0.717, 1.165) is 24.0 Å². The molecule has 3 heteroatoms. The van der Waals surface area contributed by atoms with E-state index < -0.39 is 7.38 Å². The van der Waals surface area contributed by atoms with Crippen LogP contribution < -0.4 is 0 Å². The second kappa shape index (κ2) is 4.59. The van der Waals surface area contributed by atoms with E-state index in [-0.39, 0.29) is 0 Å². The molecule has 0 fully saturated rings. The molecule has 0 rings (SSSR count). The molecule has 0 spiro atoms. The molecule has 0 saturated carbocycles. The number of rotatable bonds is 4. The Balaban J connectivity index is 3.62. The first-order chi connectivity index (χ1) is 4.18. The zero-order valence-electron chi connectivity index (χ0n) is 6.08. The SMILES string of the molecule is CC[Si](Cl)(CC)CCCl. The van der Waals surface area contributed by atoms with Crippen molar-refractivity contribution in [2.45, 2.75) is 32.0 Å². The van der Waals surface area contributed by atoms with E-state index >= 15 is 0 Å². The lowest BCUT2D eigenvalue weighted by atomic mass is 10.9. The monoisotopic (exact) mass is 184 g/mol. The summed E-state index contributed by atoms with van der Waals surface area (Å²) in [6.45, 7) is 4.32. The highest BCUT2D eigenvalue weighted by Crippen LogP contribution is 2.24. The standard InChI is InChI=1S/C6H14Cl2Si/c1-3-9(8,4-2)6-5-7/h3-6H2,1-2H3. The maximum Gasteiger partial charge on any atom is 0.157 e. The third-order valence-corrected chi connectivity index (χ3v) is 8.17. The Morgan fingerprint density at radius 1 is 1.22 bits per heavy atom. The molecule has 0 aliphatic heterocycles. The smallest absolute Gasteiger partial charge is 0.157 e. The van der Waals surface area contributed by atoms with Crippen LogP contribution in [0.1, 0.15) is 13.8 Å². The van der Waals surface area contributed by atoms with Crippen molar-refractivity contribution in [2.75, 3.05) is 5.88 Å². The summed E-state index contributed by atoms with van der Waals surface area (Å²) in [4.78, 5) is 0. The largest absolute Gasteiger partial charge is 0.167 e. The lowest BCUT2D eigenvalue weighted by molar-refractivity contribution is 1.22. The van der Waals surface area contributed by atoms with Gasteiger partial charge in [-0.15, -0.1) is 11.6 Å². The van der Waals surface area contributed by atoms with Gasteiger partial charge in [0.25, 0.3) is 0 Å². The van der Waals surface area contributed by atoms with E-state index in [1.54, 1.807) is 0 Å². The van der Waals surface area contributed by atoms with Crippen molar-refractivity contribution in [3.05, 3.63) is 0 Å². The molecule has 0 N–H and O–H groups in total. The van der Waals surface area contributed by atoms with Gasteiger partial charge in [-0.3, -0.25) is 0 Å². The van der Waals surface area contributed by atoms with Crippen LogP contribution in [0.15, 0.2) is 0 Å². The quantitative estimate of drug-likeness (QED) is 0.357. The number of hydrogen-bond acceptors (Lipinski definition) is 0. The van der Waals surface area contributed by atoms with Crippen molar-refractivity contribution in [1.82, 2.24) is 0 Å². The van der Waals surface area contributed by atoms with Crippen molar-refractivity contribution >= 4 is 30.1 Å². The Kier molecular flexibility index (Phi) is 4.99. The van der Waals surface area contributed by atoms with Crippen molar-refractivity contribution in [3.63, 3.8) is 0 Å². The molecule has 0 nitrogen and oxygen atoms in total. The van der Waals surface area contributed by atoms with Gasteiger partial charge < -0.3 is 0 Å². The van der Waals surface area contributed by atoms with Gasteiger partial charge in [0.05, 0.1) is 0 Å². The summed E-state index contributed by atoms with van der Waals surface area (Å²) in [6.07, 6.45) is 0. The highest BCUT2D eigenvalue weighted by molar-refractivity contribution is 7.20. The van der Waals surface area contributed by atoms with Crippen LogP contribution in [0.4, 0.5) is 0 Å². The molecule has 0 aromatic rings. The lowest BCUT2D eigenvalue weighted by Crippen LogP contribution is -2.24. The van der Waals surface area contributed by atoms with Gasteiger partial charge in [0.2, 0.25) is 0 Å². The second-order valence-corrected chi connectivity index (χ2v) is 9.30. The van der Waals surface area contributed by atoms with E-state index in [4.69, 9.17) is 22.7 Å². The Morgan fingerprint density at radius 3 is 1.78 bits per heavy atom. The Hall–Kier alpha value is 0.797. The fourth-order valence-electron chi connectivity index (χ4n) is 0.773. The van der Waals surface area contributed by atoms with Crippen LogP contribution >= 0.6 is 22.7 Å². The maximum atomic E-state index is 6.26. The summed E-state index contributed by atoms with van der Waals surface area (Å²) >= 11 is 11.9. The van der Waals surface area contributed by atoms with Gasteiger partial charge in [-0.25, -0.2) is 0 Å². The first-order valence-corrected chi connectivity index (χ1v) is 7.60. The topological polar surface area (TPSA) is 0 Å². The van der Waals surface area contributed by atoms with Crippen LogP contribution in [0.3, 0.4) is 0 Å². The normalized spacial score (nSPS) is 12.0. The zero-order valence-corrected chi connectivity index (χ0v) is 8.60. The molecule has 0 saturated heterocycles. The molecular weight excluding hydrogens is 171 g/mol. The molecule has 0 aliphatic carbocycles. The number of halogens is 2. The predicted octanol–water partition coefficient (Wildman–Crippen LogP) is 3.45. The predicted molar refractivity (Wildman–Crippen MR) is 48.1 cm³/mol. The van der Waals surface area contributed by atoms with Crippen LogP contribution in [0.2, 0.25) is 18.1 Å². The van der Waals surface area contributed by atoms with Crippen LogP contribution in [0.25, 0.3) is 0 Å². The van der Waals surface area contributed by atoms with E-state index in [0.29, 0.717) is 0 Å². The maximum absolute atomic E-state index is 6.26. The minimum atomic E-state index is -1.36. The molecule has 0 radical (unpaired) electrons. The first-order valence-electron chi connectivity index (χ1n) is 3.43. The highest BCUT2D eigenvalue weighted by Gasteiger charge is 2.24. The third-order valence-electron chi connectivity index (χ3n) is 1.81. The van der Waals surface area contributed by atoms with Crippen LogP contribution in [0.5, 0.6) is 0 Å². The van der Waals surface area contributed by atoms with Gasteiger partial charge in [-0.2, -0.15) is 11.1 Å². The fraction of sp³-hybridized carbons (Fsp3) is 1.00. The molecule has 0 heterocycles. The molecule has 0 aromatic carbocycles. The van der Waals surface area contributed by atoms with Crippen molar-refractivity contribution < 1.29 is 0 Å². The lowest BCUT2D eigenvalue weighted by Gasteiger charge is -2.18. The average Bonchev–Trinajstić information content (AvgIpc) is 1.89. The molecule has 0 aliphatic rings. The van der Waals surface area contributed by atoms with E-state index in [9.17, 15) is 0 Å². The van der Waals surface area contributed by atoms with Gasteiger partial charge in [0.15, 0.2) is 7.38 Å². The molecular formula is C6H14Cl2Si. The van der Waals surface area contributed by atoms with E-state index in [1.165, 1.54) is 0 Å². The van der Waals surface area contributed by atoms with E-state index in [1.807, 2.05) is 0 Å². The first kappa shape index (κ1) is 9.80. The number of alkyl halides is 1. The molecule has 0 atom stereocenters. The summed E-state index contributed by atoms with van der Waals surface area (Å²) in [5.74, 6) is 0.734. The molecule has 0 amide bonds. The van der Waals surface area contributed by atoms with Crippen molar-refractivity contribution in [2.24, 2.45) is 0 Å². The second-order valence-electron chi connectivity index (χ2n) is 2.30. The van der Waals surface area contributed by atoms with Crippen molar-refractivity contribution in [1.29, 1.82) is 0 Å². The van der Waals surface area contributed by atoms with Crippen LogP contribution in [0, 0.1) is 0 Å². The van der Waals surface area contributed by atoms with Crippen molar-refractivity contribution in [3.8, 4) is 0 Å².